The molecule has 0 rings (SSSR count). The average Bonchev–Trinajstić information content (AvgIpc) is 2.96. The Morgan fingerprint density at radius 2 is 0.698 bits per heavy atom. The number of hydrogen-bond acceptors (Lipinski definition) is 4. The third-order valence-corrected chi connectivity index (χ3v) is 10.1. The van der Waals surface area contributed by atoms with Gasteiger partial charge in [-0.2, -0.15) is 114 Å². The maximum Gasteiger partial charge on any atom is 0.460 e. The van der Waals surface area contributed by atoms with Crippen molar-refractivity contribution in [2.45, 2.75) is 115 Å². The molecule has 2 nitrogen and oxygen atoms in total. The molecule has 0 radical (unpaired) electrons. The first kappa shape index (κ1) is 51.4. The summed E-state index contributed by atoms with van der Waals surface area (Å²) in [4.78, 5) is 12.5. The predicted molar refractivity (Wildman–Crippen MR) is 130 cm³/mol. The highest BCUT2D eigenvalue weighted by atomic mass is 32.2. The summed E-state index contributed by atoms with van der Waals surface area (Å²) in [5, 5.41) is 0. The summed E-state index contributed by atoms with van der Waals surface area (Å²) in [6.45, 7) is 1.21. The third-order valence-electron chi connectivity index (χ3n) is 6.86. The van der Waals surface area contributed by atoms with Crippen molar-refractivity contribution in [2.75, 3.05) is 18.6 Å². The van der Waals surface area contributed by atoms with Crippen LogP contribution >= 0.6 is 23.5 Å². The summed E-state index contributed by atoms with van der Waals surface area (Å²) >= 11 is -1.25. The Kier molecular flexibility index (Phi) is 14.9. The van der Waals surface area contributed by atoms with Gasteiger partial charge in [-0.15, -0.1) is 23.5 Å². The lowest BCUT2D eigenvalue weighted by Gasteiger charge is -2.40. The maximum absolute atomic E-state index is 14.3. The molecule has 0 fully saturated rings. The van der Waals surface area contributed by atoms with E-state index in [-0.39, 0.29) is 6.42 Å². The highest BCUT2D eigenvalue weighted by molar-refractivity contribution is 8.19. The number of methoxy groups -OCH3 is 1. The Morgan fingerprint density at radius 3 is 0.925 bits per heavy atom. The molecule has 318 valence electrons. The first-order chi connectivity index (χ1) is 23.0. The van der Waals surface area contributed by atoms with E-state index in [4.69, 9.17) is 0 Å². The topological polar surface area (TPSA) is 26.3 Å². The summed E-state index contributed by atoms with van der Waals surface area (Å²) in [7, 11) is 0.364. The molecule has 0 bridgehead atoms. The van der Waals surface area contributed by atoms with Crippen molar-refractivity contribution in [3.8, 4) is 0 Å². The Morgan fingerprint density at radius 1 is 0.434 bits per heavy atom. The largest absolute Gasteiger partial charge is 0.467 e. The zero-order valence-corrected chi connectivity index (χ0v) is 27.0. The lowest BCUT2D eigenvalue weighted by molar-refractivity contribution is -0.439. The number of rotatable bonds is 20. The molecular formula is C23H20F26O2S2. The molecule has 0 aliphatic carbocycles. The number of ether oxygens (including phenoxy) is 1. The van der Waals surface area contributed by atoms with Gasteiger partial charge in [-0.3, -0.25) is 0 Å². The minimum absolute atomic E-state index is 0.161. The Balaban J connectivity index is 6.58. The van der Waals surface area contributed by atoms with E-state index < -0.39 is 142 Å². The van der Waals surface area contributed by atoms with Crippen LogP contribution in [0.3, 0.4) is 0 Å². The van der Waals surface area contributed by atoms with Crippen LogP contribution in [-0.4, -0.2) is 100 Å². The first-order valence-electron chi connectivity index (χ1n) is 13.2. The van der Waals surface area contributed by atoms with Gasteiger partial charge in [0.05, 0.1) is 7.11 Å². The molecule has 0 saturated heterocycles. The summed E-state index contributed by atoms with van der Waals surface area (Å²) in [5.74, 6) is -84.3. The molecule has 0 amide bonds. The third kappa shape index (κ3) is 8.55. The van der Waals surface area contributed by atoms with Gasteiger partial charge in [0.1, 0.15) is 0 Å². The summed E-state index contributed by atoms with van der Waals surface area (Å²) in [5.41, 5.74) is 0. The van der Waals surface area contributed by atoms with Crippen LogP contribution in [-0.2, 0) is 9.53 Å². The monoisotopic (exact) mass is 886 g/mol. The quantitative estimate of drug-likeness (QED) is 0.0691. The van der Waals surface area contributed by atoms with Crippen LogP contribution in [0.2, 0.25) is 0 Å². The number of carbonyl (C=O) groups is 1. The molecular weight excluding hydrogens is 866 g/mol. The lowest BCUT2D eigenvalue weighted by Crippen LogP contribution is -2.70. The fraction of sp³-hybridized carbons (Fsp3) is 0.957. The van der Waals surface area contributed by atoms with Crippen molar-refractivity contribution in [1.29, 1.82) is 0 Å². The molecule has 0 saturated carbocycles. The van der Waals surface area contributed by atoms with Gasteiger partial charge in [0.2, 0.25) is 0 Å². The van der Waals surface area contributed by atoms with E-state index in [2.05, 4.69) is 4.74 Å². The molecule has 0 unspecified atom stereocenters. The van der Waals surface area contributed by atoms with Crippen LogP contribution in [0.25, 0.3) is 0 Å². The lowest BCUT2D eigenvalue weighted by atomic mass is 9.93. The van der Waals surface area contributed by atoms with Gasteiger partial charge in [-0.05, 0) is 6.42 Å². The van der Waals surface area contributed by atoms with Gasteiger partial charge in [-0.1, -0.05) is 19.8 Å². The highest BCUT2D eigenvalue weighted by Gasteiger charge is 2.92. The van der Waals surface area contributed by atoms with Gasteiger partial charge >= 0.3 is 77.5 Å². The molecule has 0 aromatic carbocycles. The molecule has 0 spiro atoms. The van der Waals surface area contributed by atoms with E-state index in [1.807, 2.05) is 0 Å². The van der Waals surface area contributed by atoms with E-state index in [1.54, 1.807) is 0 Å². The zero-order chi connectivity index (χ0) is 43.1. The van der Waals surface area contributed by atoms with Crippen LogP contribution in [0.4, 0.5) is 114 Å². The van der Waals surface area contributed by atoms with E-state index in [9.17, 15) is 119 Å². The summed E-state index contributed by atoms with van der Waals surface area (Å²) in [6.07, 6.45) is -23.1. The number of carbonyl (C=O) groups excluding carboxylic acids is 1. The van der Waals surface area contributed by atoms with Crippen LogP contribution in [0, 0.1) is 0 Å². The Labute approximate surface area is 287 Å². The van der Waals surface area contributed by atoms with E-state index in [0.29, 0.717) is 7.11 Å². The van der Waals surface area contributed by atoms with Crippen molar-refractivity contribution in [2.24, 2.45) is 0 Å². The van der Waals surface area contributed by atoms with Crippen molar-refractivity contribution < 1.29 is 124 Å². The smallest absolute Gasteiger partial charge is 0.460 e. The predicted octanol–water partition coefficient (Wildman–Crippen LogP) is 11.8. The minimum atomic E-state index is -8.29. The Bertz CT molecular complexity index is 1160. The Hall–Kier alpha value is -1.65. The fourth-order valence-electron chi connectivity index (χ4n) is 3.58. The van der Waals surface area contributed by atoms with Crippen molar-refractivity contribution in [1.82, 2.24) is 0 Å². The van der Waals surface area contributed by atoms with Gasteiger partial charge in [0.15, 0.2) is 4.08 Å². The van der Waals surface area contributed by atoms with Crippen molar-refractivity contribution in [3.05, 3.63) is 0 Å². The molecule has 0 N–H and O–H groups in total. The first-order valence-corrected chi connectivity index (χ1v) is 15.2. The highest BCUT2D eigenvalue weighted by Crippen LogP contribution is 2.63. The average molecular weight is 886 g/mol. The van der Waals surface area contributed by atoms with Crippen LogP contribution in [0.5, 0.6) is 0 Å². The minimum Gasteiger partial charge on any atom is -0.467 e. The zero-order valence-electron chi connectivity index (χ0n) is 25.4. The normalized spacial score (nSPS) is 15.9. The second-order valence-corrected chi connectivity index (χ2v) is 13.6. The molecule has 0 aromatic heterocycles. The number of alkyl halides is 26. The SMILES string of the molecule is CCCCC(SCCC(F)(F)C(F)(F)C(F)(F)C(F)(F)C(F)(F)C(F)(F)F)(SCCC(F)(F)C(F)(F)C(F)(F)C(F)(F)C(F)(F)C(F)(F)F)C(=O)OC. The van der Waals surface area contributed by atoms with Gasteiger partial charge in [0.25, 0.3) is 0 Å². The van der Waals surface area contributed by atoms with Crippen molar-refractivity contribution in [3.63, 3.8) is 0 Å². The standard InChI is InChI=1S/C23H20F26O2S2/c1-3-4-5-11(10(50)51-2,52-8-6-12(24,25)14(28,29)16(32,33)18(36,37)20(40,41)22(44,45)46)53-9-7-13(26,27)15(30,31)17(34,35)19(38,39)21(42,43)23(47,48)49/h3-9H2,1-2H3. The van der Waals surface area contributed by atoms with E-state index in [1.165, 1.54) is 6.92 Å². The molecule has 53 heavy (non-hydrogen) atoms. The van der Waals surface area contributed by atoms with Crippen LogP contribution in [0.15, 0.2) is 0 Å². The van der Waals surface area contributed by atoms with E-state index in [0.717, 1.165) is 0 Å². The maximum atomic E-state index is 14.3. The number of halogens is 26. The number of thioether (sulfide) groups is 2. The fourth-order valence-corrected chi connectivity index (χ4v) is 6.77. The van der Waals surface area contributed by atoms with E-state index >= 15 is 0 Å². The molecule has 0 aromatic rings. The van der Waals surface area contributed by atoms with Gasteiger partial charge in [-0.25, -0.2) is 4.79 Å². The molecule has 0 aliphatic heterocycles. The van der Waals surface area contributed by atoms with Crippen molar-refractivity contribution >= 4 is 29.5 Å². The second-order valence-electron chi connectivity index (χ2n) is 10.5. The second kappa shape index (κ2) is 15.4. The number of unbranched alkanes of at least 4 members (excludes halogenated alkanes) is 1. The molecule has 30 heteroatoms. The van der Waals surface area contributed by atoms with Gasteiger partial charge < -0.3 is 4.74 Å². The van der Waals surface area contributed by atoms with Gasteiger partial charge in [0, 0.05) is 24.3 Å². The van der Waals surface area contributed by atoms with Crippen LogP contribution in [0.1, 0.15) is 39.0 Å². The summed E-state index contributed by atoms with van der Waals surface area (Å²) < 4.78 is 349. The number of esters is 1. The molecule has 0 heterocycles. The molecule has 0 atom stereocenters. The number of hydrogen-bond donors (Lipinski definition) is 0. The molecule has 0 aliphatic rings. The summed E-state index contributed by atoms with van der Waals surface area (Å²) in [6, 6.07) is 0. The van der Waals surface area contributed by atoms with Crippen LogP contribution < -0.4 is 0 Å².